The first-order chi connectivity index (χ1) is 16.6. The van der Waals surface area contributed by atoms with Gasteiger partial charge in [-0.05, 0) is 50.1 Å². The van der Waals surface area contributed by atoms with Crippen LogP contribution < -0.4 is 20.1 Å². The van der Waals surface area contributed by atoms with Crippen LogP contribution >= 0.6 is 11.3 Å². The molecule has 1 saturated carbocycles. The van der Waals surface area contributed by atoms with Crippen molar-refractivity contribution in [2.24, 2.45) is 0 Å². The number of thiazole rings is 1. The second-order valence-corrected chi connectivity index (χ2v) is 8.26. The number of nitrogens with one attached hydrogen (secondary N) is 2. The molecule has 1 atom stereocenters. The molecule has 0 bridgehead atoms. The monoisotopic (exact) mass is 483 g/mol. The molecule has 1 aromatic heterocycles. The third-order valence-electron chi connectivity index (χ3n) is 5.50. The molecule has 2 aliphatic rings. The van der Waals surface area contributed by atoms with Gasteiger partial charge in [-0.3, -0.25) is 4.79 Å². The van der Waals surface area contributed by atoms with Crippen LogP contribution in [0.2, 0.25) is 0 Å². The molecule has 7 heteroatoms. The molecule has 1 amide bonds. The number of hydrogen-bond donors (Lipinski definition) is 2. The van der Waals surface area contributed by atoms with Crippen LogP contribution in [-0.2, 0) is 10.2 Å². The molecule has 1 aliphatic carbocycles. The number of carbonyl (C=O) groups is 1. The van der Waals surface area contributed by atoms with E-state index < -0.39 is 5.41 Å². The van der Waals surface area contributed by atoms with Gasteiger partial charge < -0.3 is 20.1 Å². The van der Waals surface area contributed by atoms with E-state index in [9.17, 15) is 4.79 Å². The molecule has 5 rings (SSSR count). The van der Waals surface area contributed by atoms with Crippen LogP contribution in [0.15, 0.2) is 60.1 Å². The summed E-state index contributed by atoms with van der Waals surface area (Å²) in [6.45, 7) is 10.4. The molecule has 184 valence electrons. The summed E-state index contributed by atoms with van der Waals surface area (Å²) in [6, 6.07) is 16.6. The van der Waals surface area contributed by atoms with Crippen molar-refractivity contribution >= 4 is 22.4 Å². The average Bonchev–Trinajstić information content (AvgIpc) is 3.31. The Bertz CT molecular complexity index is 990. The van der Waals surface area contributed by atoms with E-state index in [1.807, 2.05) is 64.4 Å². The van der Waals surface area contributed by atoms with Gasteiger partial charge in [0.2, 0.25) is 12.7 Å². The average molecular weight is 484 g/mol. The van der Waals surface area contributed by atoms with Crippen LogP contribution in [0.25, 0.3) is 0 Å². The number of aromatic nitrogens is 1. The maximum absolute atomic E-state index is 12.5. The molecule has 3 aromatic rings. The topological polar surface area (TPSA) is 72.5 Å². The van der Waals surface area contributed by atoms with Crippen LogP contribution in [0.3, 0.4) is 0 Å². The van der Waals surface area contributed by atoms with E-state index in [4.69, 9.17) is 9.47 Å². The fraction of sp³-hybridized carbons (Fsp3) is 0.407. The SMILES string of the molecule is CC.CC.CNC(C)c1ccccc1.O=C(Nc1nccs1)C1(c2ccc3c(c2)OCO3)CC1. The van der Waals surface area contributed by atoms with Gasteiger partial charge in [-0.1, -0.05) is 64.1 Å². The number of rotatable bonds is 5. The van der Waals surface area contributed by atoms with Crippen molar-refractivity contribution in [2.75, 3.05) is 19.2 Å². The van der Waals surface area contributed by atoms with Gasteiger partial charge in [-0.2, -0.15) is 0 Å². The molecule has 6 nitrogen and oxygen atoms in total. The van der Waals surface area contributed by atoms with E-state index in [1.54, 1.807) is 6.20 Å². The summed E-state index contributed by atoms with van der Waals surface area (Å²) >= 11 is 1.42. The number of anilines is 1. The Morgan fingerprint density at radius 2 is 1.71 bits per heavy atom. The Morgan fingerprint density at radius 3 is 2.29 bits per heavy atom. The standard InChI is InChI=1S/C14H12N2O3S.C9H13N.2C2H6/c17-12(16-13-15-5-6-20-13)14(3-4-14)9-1-2-10-11(7-9)19-8-18-10;1-8(10-2)9-6-4-3-5-7-9;2*1-2/h1-2,5-7H,3-4,8H2,(H,15,16,17);3-8,10H,1-2H3;2*1-2H3. The van der Waals surface area contributed by atoms with Crippen molar-refractivity contribution in [3.05, 3.63) is 71.2 Å². The summed E-state index contributed by atoms with van der Waals surface area (Å²) in [5.41, 5.74) is 1.88. The van der Waals surface area contributed by atoms with Crippen LogP contribution in [0, 0.1) is 0 Å². The maximum Gasteiger partial charge on any atom is 0.236 e. The van der Waals surface area contributed by atoms with Crippen LogP contribution in [0.1, 0.15) is 64.6 Å². The Labute approximate surface area is 207 Å². The van der Waals surface area contributed by atoms with Gasteiger partial charge in [-0.15, -0.1) is 11.3 Å². The molecule has 0 radical (unpaired) electrons. The predicted molar refractivity (Wildman–Crippen MR) is 141 cm³/mol. The zero-order valence-corrected chi connectivity index (χ0v) is 21.9. The predicted octanol–water partition coefficient (Wildman–Crippen LogP) is 6.56. The van der Waals surface area contributed by atoms with E-state index in [0.29, 0.717) is 11.2 Å². The van der Waals surface area contributed by atoms with E-state index in [2.05, 4.69) is 46.8 Å². The third-order valence-corrected chi connectivity index (χ3v) is 6.18. The minimum atomic E-state index is -0.438. The quantitative estimate of drug-likeness (QED) is 0.430. The number of nitrogens with zero attached hydrogens (tertiary/aromatic N) is 1. The zero-order valence-electron chi connectivity index (χ0n) is 21.1. The fourth-order valence-electron chi connectivity index (χ4n) is 3.38. The van der Waals surface area contributed by atoms with Crippen LogP contribution in [-0.4, -0.2) is 24.7 Å². The summed E-state index contributed by atoms with van der Waals surface area (Å²) in [6.07, 6.45) is 3.38. The lowest BCUT2D eigenvalue weighted by Crippen LogP contribution is -2.27. The molecular formula is C27H37N3O3S. The molecule has 2 aromatic carbocycles. The van der Waals surface area contributed by atoms with Gasteiger partial charge in [-0.25, -0.2) is 4.98 Å². The van der Waals surface area contributed by atoms with Gasteiger partial charge in [0.05, 0.1) is 5.41 Å². The van der Waals surface area contributed by atoms with E-state index in [0.717, 1.165) is 29.9 Å². The highest BCUT2D eigenvalue weighted by atomic mass is 32.1. The van der Waals surface area contributed by atoms with E-state index >= 15 is 0 Å². The van der Waals surface area contributed by atoms with Gasteiger partial charge in [0.25, 0.3) is 0 Å². The first-order valence-corrected chi connectivity index (χ1v) is 12.8. The summed E-state index contributed by atoms with van der Waals surface area (Å²) in [5, 5.41) is 8.55. The van der Waals surface area contributed by atoms with Crippen molar-refractivity contribution in [1.29, 1.82) is 0 Å². The molecule has 2 heterocycles. The van der Waals surface area contributed by atoms with Crippen molar-refractivity contribution < 1.29 is 14.3 Å². The maximum atomic E-state index is 12.5. The summed E-state index contributed by atoms with van der Waals surface area (Å²) in [7, 11) is 1.97. The highest BCUT2D eigenvalue weighted by molar-refractivity contribution is 7.13. The molecule has 1 aliphatic heterocycles. The Morgan fingerprint density at radius 1 is 1.03 bits per heavy atom. The van der Waals surface area contributed by atoms with Crippen LogP contribution in [0.4, 0.5) is 5.13 Å². The lowest BCUT2D eigenvalue weighted by Gasteiger charge is -2.15. The second kappa shape index (κ2) is 13.7. The number of amides is 1. The Balaban J connectivity index is 0.000000248. The smallest absolute Gasteiger partial charge is 0.236 e. The largest absolute Gasteiger partial charge is 0.454 e. The van der Waals surface area contributed by atoms with Crippen molar-refractivity contribution in [1.82, 2.24) is 10.3 Å². The molecule has 2 N–H and O–H groups in total. The first kappa shape index (κ1) is 27.3. The number of benzene rings is 2. The Hall–Kier alpha value is -2.90. The number of carbonyl (C=O) groups excluding carboxylic acids is 1. The van der Waals surface area contributed by atoms with E-state index in [-0.39, 0.29) is 12.7 Å². The van der Waals surface area contributed by atoms with Gasteiger partial charge >= 0.3 is 0 Å². The zero-order chi connectivity index (χ0) is 25.0. The normalized spacial score (nSPS) is 14.6. The molecular weight excluding hydrogens is 446 g/mol. The second-order valence-electron chi connectivity index (χ2n) is 7.36. The third kappa shape index (κ3) is 6.81. The fourth-order valence-corrected chi connectivity index (χ4v) is 3.90. The highest BCUT2D eigenvalue weighted by Gasteiger charge is 2.51. The van der Waals surface area contributed by atoms with Crippen LogP contribution in [0.5, 0.6) is 11.5 Å². The highest BCUT2D eigenvalue weighted by Crippen LogP contribution is 2.51. The molecule has 1 unspecified atom stereocenters. The lowest BCUT2D eigenvalue weighted by atomic mass is 9.94. The van der Waals surface area contributed by atoms with Crippen molar-refractivity contribution in [3.63, 3.8) is 0 Å². The minimum absolute atomic E-state index is 0.00585. The number of hydrogen-bond acceptors (Lipinski definition) is 6. The molecule has 34 heavy (non-hydrogen) atoms. The van der Waals surface area contributed by atoms with Crippen molar-refractivity contribution in [2.45, 2.75) is 58.9 Å². The molecule has 0 saturated heterocycles. The molecule has 0 spiro atoms. The van der Waals surface area contributed by atoms with Gasteiger partial charge in [0, 0.05) is 17.6 Å². The summed E-state index contributed by atoms with van der Waals surface area (Å²) in [4.78, 5) is 16.6. The Kier molecular flexibility index (Phi) is 11.0. The van der Waals surface area contributed by atoms with Crippen molar-refractivity contribution in [3.8, 4) is 11.5 Å². The van der Waals surface area contributed by atoms with Gasteiger partial charge in [0.15, 0.2) is 16.6 Å². The number of ether oxygens (including phenoxy) is 2. The van der Waals surface area contributed by atoms with E-state index in [1.165, 1.54) is 16.9 Å². The molecule has 1 fully saturated rings. The summed E-state index contributed by atoms with van der Waals surface area (Å²) in [5.74, 6) is 1.46. The number of fused-ring (bicyclic) bond motifs is 1. The lowest BCUT2D eigenvalue weighted by molar-refractivity contribution is -0.118. The van der Waals surface area contributed by atoms with Gasteiger partial charge in [0.1, 0.15) is 0 Å². The minimum Gasteiger partial charge on any atom is -0.454 e. The summed E-state index contributed by atoms with van der Waals surface area (Å²) < 4.78 is 10.7. The first-order valence-electron chi connectivity index (χ1n) is 12.0.